The topological polar surface area (TPSA) is 75.7 Å². The number of carbonyl (C=O) groups excluding carboxylic acids is 1. The molecule has 0 saturated heterocycles. The molecule has 6 nitrogen and oxygen atoms in total. The van der Waals surface area contributed by atoms with Crippen molar-refractivity contribution in [1.82, 2.24) is 9.62 Å². The predicted molar refractivity (Wildman–Crippen MR) is 87.8 cm³/mol. The van der Waals surface area contributed by atoms with Crippen LogP contribution in [-0.4, -0.2) is 45.4 Å². The van der Waals surface area contributed by atoms with Crippen LogP contribution >= 0.6 is 0 Å². The number of sulfonamides is 1. The van der Waals surface area contributed by atoms with E-state index >= 15 is 0 Å². The zero-order valence-electron chi connectivity index (χ0n) is 13.6. The predicted octanol–water partition coefficient (Wildman–Crippen LogP) is 1.76. The molecule has 1 saturated carbocycles. The van der Waals surface area contributed by atoms with E-state index in [4.69, 9.17) is 4.74 Å². The van der Waals surface area contributed by atoms with Gasteiger partial charge in [-0.25, -0.2) is 12.7 Å². The number of amides is 1. The molecule has 0 spiro atoms. The van der Waals surface area contributed by atoms with E-state index in [1.807, 2.05) is 0 Å². The summed E-state index contributed by atoms with van der Waals surface area (Å²) >= 11 is 0. The third-order valence-electron chi connectivity index (χ3n) is 3.94. The second-order valence-electron chi connectivity index (χ2n) is 5.95. The number of carbonyl (C=O) groups is 1. The highest BCUT2D eigenvalue weighted by Gasteiger charge is 2.18. The number of benzene rings is 1. The fraction of sp³-hybridized carbons (Fsp3) is 0.562. The van der Waals surface area contributed by atoms with Gasteiger partial charge < -0.3 is 10.1 Å². The van der Waals surface area contributed by atoms with Crippen molar-refractivity contribution in [3.8, 4) is 5.75 Å². The maximum atomic E-state index is 12.0. The Balaban J connectivity index is 1.85. The second-order valence-corrected chi connectivity index (χ2v) is 8.10. The number of ether oxygens (including phenoxy) is 1. The minimum atomic E-state index is -3.45. The van der Waals surface area contributed by atoms with Crippen molar-refractivity contribution in [3.63, 3.8) is 0 Å². The summed E-state index contributed by atoms with van der Waals surface area (Å²) < 4.78 is 30.5. The van der Waals surface area contributed by atoms with Gasteiger partial charge in [0.05, 0.1) is 4.90 Å². The third kappa shape index (κ3) is 4.94. The first kappa shape index (κ1) is 17.7. The van der Waals surface area contributed by atoms with Crippen LogP contribution in [0.2, 0.25) is 0 Å². The van der Waals surface area contributed by atoms with Gasteiger partial charge in [-0.1, -0.05) is 19.3 Å². The smallest absolute Gasteiger partial charge is 0.258 e. The molecule has 1 aromatic carbocycles. The van der Waals surface area contributed by atoms with E-state index in [1.54, 1.807) is 12.1 Å². The molecule has 1 aromatic rings. The van der Waals surface area contributed by atoms with Crippen molar-refractivity contribution in [2.24, 2.45) is 0 Å². The van der Waals surface area contributed by atoms with E-state index in [9.17, 15) is 13.2 Å². The highest BCUT2D eigenvalue weighted by molar-refractivity contribution is 7.89. The maximum Gasteiger partial charge on any atom is 0.258 e. The summed E-state index contributed by atoms with van der Waals surface area (Å²) in [6, 6.07) is 6.33. The molecule has 1 fully saturated rings. The molecule has 0 aliphatic heterocycles. The van der Waals surface area contributed by atoms with Crippen LogP contribution in [-0.2, 0) is 14.8 Å². The van der Waals surface area contributed by atoms with Gasteiger partial charge in [0, 0.05) is 20.1 Å². The molecule has 1 aliphatic carbocycles. The van der Waals surface area contributed by atoms with Gasteiger partial charge in [0.15, 0.2) is 6.61 Å². The zero-order chi connectivity index (χ0) is 16.9. The summed E-state index contributed by atoms with van der Waals surface area (Å²) in [6.07, 6.45) is 5.62. The summed E-state index contributed by atoms with van der Waals surface area (Å²) in [5.74, 6) is 0.336. The molecule has 0 bridgehead atoms. The van der Waals surface area contributed by atoms with E-state index in [1.165, 1.54) is 32.6 Å². The van der Waals surface area contributed by atoms with Crippen LogP contribution in [0.5, 0.6) is 5.75 Å². The van der Waals surface area contributed by atoms with Crippen LogP contribution in [0.15, 0.2) is 29.2 Å². The lowest BCUT2D eigenvalue weighted by molar-refractivity contribution is -0.124. The molecule has 1 aliphatic rings. The minimum Gasteiger partial charge on any atom is -0.484 e. The Morgan fingerprint density at radius 3 is 2.35 bits per heavy atom. The Hall–Kier alpha value is -1.60. The molecule has 0 aromatic heterocycles. The van der Waals surface area contributed by atoms with Crippen LogP contribution in [0.4, 0.5) is 0 Å². The molecule has 0 heterocycles. The maximum absolute atomic E-state index is 12.0. The van der Waals surface area contributed by atoms with Crippen LogP contribution in [0, 0.1) is 0 Å². The molecular weight excluding hydrogens is 316 g/mol. The number of hydrogen-bond acceptors (Lipinski definition) is 4. The quantitative estimate of drug-likeness (QED) is 0.856. The molecule has 0 radical (unpaired) electrons. The minimum absolute atomic E-state index is 0.0592. The van der Waals surface area contributed by atoms with Gasteiger partial charge in [-0.05, 0) is 37.1 Å². The van der Waals surface area contributed by atoms with Gasteiger partial charge >= 0.3 is 0 Å². The van der Waals surface area contributed by atoms with Crippen molar-refractivity contribution in [3.05, 3.63) is 24.3 Å². The van der Waals surface area contributed by atoms with Crippen LogP contribution in [0.25, 0.3) is 0 Å². The normalized spacial score (nSPS) is 16.3. The van der Waals surface area contributed by atoms with Crippen LogP contribution in [0.3, 0.4) is 0 Å². The number of nitrogens with zero attached hydrogens (tertiary/aromatic N) is 1. The highest BCUT2D eigenvalue weighted by atomic mass is 32.2. The summed E-state index contributed by atoms with van der Waals surface area (Å²) in [6.45, 7) is -0.0592. The van der Waals surface area contributed by atoms with Gasteiger partial charge in [0.1, 0.15) is 5.75 Å². The number of rotatable bonds is 6. The van der Waals surface area contributed by atoms with Gasteiger partial charge in [-0.2, -0.15) is 0 Å². The lowest BCUT2D eigenvalue weighted by Crippen LogP contribution is -2.38. The fourth-order valence-corrected chi connectivity index (χ4v) is 3.49. The van der Waals surface area contributed by atoms with Crippen LogP contribution < -0.4 is 10.1 Å². The van der Waals surface area contributed by atoms with E-state index in [-0.39, 0.29) is 23.5 Å². The monoisotopic (exact) mass is 340 g/mol. The first-order chi connectivity index (χ1) is 10.9. The Kier molecular flexibility index (Phi) is 6.01. The first-order valence-corrected chi connectivity index (χ1v) is 9.28. The van der Waals surface area contributed by atoms with Crippen molar-refractivity contribution >= 4 is 15.9 Å². The van der Waals surface area contributed by atoms with Crippen LogP contribution in [0.1, 0.15) is 32.1 Å². The zero-order valence-corrected chi connectivity index (χ0v) is 14.4. The van der Waals surface area contributed by atoms with Gasteiger partial charge in [0.25, 0.3) is 5.91 Å². The lowest BCUT2D eigenvalue weighted by Gasteiger charge is -2.22. The SMILES string of the molecule is CN(C)S(=O)(=O)c1ccc(OCC(=O)NC2CCCCC2)cc1. The summed E-state index contributed by atoms with van der Waals surface area (Å²) in [7, 11) is -0.483. The van der Waals surface area contributed by atoms with E-state index in [0.29, 0.717) is 5.75 Å². The molecule has 0 unspecified atom stereocenters. The van der Waals surface area contributed by atoms with E-state index < -0.39 is 10.0 Å². The molecule has 2 rings (SSSR count). The van der Waals surface area contributed by atoms with Gasteiger partial charge in [0.2, 0.25) is 10.0 Å². The van der Waals surface area contributed by atoms with Crippen molar-refractivity contribution in [1.29, 1.82) is 0 Å². The van der Waals surface area contributed by atoms with Crippen molar-refractivity contribution in [2.45, 2.75) is 43.0 Å². The van der Waals surface area contributed by atoms with Gasteiger partial charge in [-0.3, -0.25) is 4.79 Å². The molecule has 1 N–H and O–H groups in total. The Labute approximate surface area is 137 Å². The number of nitrogens with one attached hydrogen (secondary N) is 1. The molecule has 128 valence electrons. The Morgan fingerprint density at radius 2 is 1.78 bits per heavy atom. The summed E-state index contributed by atoms with van der Waals surface area (Å²) in [4.78, 5) is 12.1. The Bertz CT molecular complexity index is 620. The average molecular weight is 340 g/mol. The highest BCUT2D eigenvalue weighted by Crippen LogP contribution is 2.19. The molecule has 23 heavy (non-hydrogen) atoms. The number of hydrogen-bond donors (Lipinski definition) is 1. The molecule has 7 heteroatoms. The standard InChI is InChI=1S/C16H24N2O4S/c1-18(2)23(20,21)15-10-8-14(9-11-15)22-12-16(19)17-13-6-4-3-5-7-13/h8-11,13H,3-7,12H2,1-2H3,(H,17,19). The Morgan fingerprint density at radius 1 is 1.17 bits per heavy atom. The summed E-state index contributed by atoms with van der Waals surface area (Å²) in [5.41, 5.74) is 0. The molecule has 0 atom stereocenters. The summed E-state index contributed by atoms with van der Waals surface area (Å²) in [5, 5.41) is 2.97. The third-order valence-corrected chi connectivity index (χ3v) is 5.77. The lowest BCUT2D eigenvalue weighted by atomic mass is 9.95. The fourth-order valence-electron chi connectivity index (χ4n) is 2.58. The van der Waals surface area contributed by atoms with Crippen molar-refractivity contribution < 1.29 is 17.9 Å². The average Bonchev–Trinajstić information content (AvgIpc) is 2.54. The largest absolute Gasteiger partial charge is 0.484 e. The first-order valence-electron chi connectivity index (χ1n) is 7.84. The molecule has 1 amide bonds. The van der Waals surface area contributed by atoms with Gasteiger partial charge in [-0.15, -0.1) is 0 Å². The van der Waals surface area contributed by atoms with E-state index in [0.717, 1.165) is 30.0 Å². The van der Waals surface area contributed by atoms with Crippen molar-refractivity contribution in [2.75, 3.05) is 20.7 Å². The molecular formula is C16H24N2O4S. The second kappa shape index (κ2) is 7.79. The van der Waals surface area contributed by atoms with E-state index in [2.05, 4.69) is 5.32 Å².